The SMILES string of the molecule is C#CCn1nc(C(C)(C)C)cc1CC(=O)Cc1ccc(Oc2ccnc3[nH]c(=O)c(C)nc23)c2cccnc12. The molecule has 4 aromatic heterocycles. The second kappa shape index (κ2) is 10.1. The fourth-order valence-electron chi connectivity index (χ4n) is 4.35. The zero-order valence-electron chi connectivity index (χ0n) is 22.3. The molecule has 5 aromatic rings. The zero-order valence-corrected chi connectivity index (χ0v) is 22.3. The lowest BCUT2D eigenvalue weighted by Gasteiger charge is -2.13. The molecule has 0 saturated carbocycles. The van der Waals surface area contributed by atoms with E-state index in [0.29, 0.717) is 40.4 Å². The summed E-state index contributed by atoms with van der Waals surface area (Å²) < 4.78 is 7.98. The van der Waals surface area contributed by atoms with Crippen LogP contribution in [0.5, 0.6) is 11.5 Å². The van der Waals surface area contributed by atoms with Crippen molar-refractivity contribution in [1.29, 1.82) is 0 Å². The minimum Gasteiger partial charge on any atom is -0.454 e. The first-order valence-electron chi connectivity index (χ1n) is 12.6. The van der Waals surface area contributed by atoms with E-state index >= 15 is 0 Å². The maximum Gasteiger partial charge on any atom is 0.270 e. The van der Waals surface area contributed by atoms with E-state index in [0.717, 1.165) is 22.3 Å². The van der Waals surface area contributed by atoms with E-state index in [-0.39, 0.29) is 29.6 Å². The van der Waals surface area contributed by atoms with Crippen LogP contribution in [0, 0.1) is 19.3 Å². The average molecular weight is 521 g/mol. The normalized spacial score (nSPS) is 11.6. The number of nitrogens with zero attached hydrogens (tertiary/aromatic N) is 5. The van der Waals surface area contributed by atoms with Crippen LogP contribution in [-0.2, 0) is 29.6 Å². The van der Waals surface area contributed by atoms with Crippen molar-refractivity contribution in [3.05, 3.63) is 81.8 Å². The summed E-state index contributed by atoms with van der Waals surface area (Å²) >= 11 is 0. The summed E-state index contributed by atoms with van der Waals surface area (Å²) in [5.41, 5.74) is 3.81. The topological polar surface area (TPSA) is 116 Å². The van der Waals surface area contributed by atoms with Crippen LogP contribution in [0.1, 0.15) is 43.4 Å². The number of H-pyrrole nitrogens is 1. The fourth-order valence-corrected chi connectivity index (χ4v) is 4.35. The van der Waals surface area contributed by atoms with Gasteiger partial charge in [0.15, 0.2) is 11.4 Å². The van der Waals surface area contributed by atoms with Crippen molar-refractivity contribution in [3.8, 4) is 23.8 Å². The van der Waals surface area contributed by atoms with Gasteiger partial charge in [-0.25, -0.2) is 9.97 Å². The number of aryl methyl sites for hydroxylation is 1. The van der Waals surface area contributed by atoms with Gasteiger partial charge in [-0.3, -0.25) is 19.3 Å². The van der Waals surface area contributed by atoms with Gasteiger partial charge < -0.3 is 9.72 Å². The number of hydrogen-bond acceptors (Lipinski definition) is 7. The van der Waals surface area contributed by atoms with Crippen LogP contribution in [0.2, 0.25) is 0 Å². The van der Waals surface area contributed by atoms with Gasteiger partial charge in [0.05, 0.1) is 11.2 Å². The van der Waals surface area contributed by atoms with Crippen LogP contribution < -0.4 is 10.3 Å². The van der Waals surface area contributed by atoms with E-state index in [1.165, 1.54) is 0 Å². The van der Waals surface area contributed by atoms with Gasteiger partial charge in [-0.05, 0) is 36.8 Å². The molecule has 0 aliphatic carbocycles. The van der Waals surface area contributed by atoms with Crippen molar-refractivity contribution in [3.63, 3.8) is 0 Å². The Labute approximate surface area is 225 Å². The maximum absolute atomic E-state index is 13.2. The molecular weight excluding hydrogens is 492 g/mol. The fraction of sp³-hybridized carbons (Fsp3) is 0.267. The van der Waals surface area contributed by atoms with E-state index in [9.17, 15) is 9.59 Å². The number of ether oxygens (including phenoxy) is 1. The average Bonchev–Trinajstić information content (AvgIpc) is 3.29. The Bertz CT molecular complexity index is 1820. The van der Waals surface area contributed by atoms with Gasteiger partial charge in [-0.2, -0.15) is 5.10 Å². The van der Waals surface area contributed by atoms with Gasteiger partial charge in [-0.15, -0.1) is 6.42 Å². The number of pyridine rings is 2. The number of carbonyl (C=O) groups is 1. The van der Waals surface area contributed by atoms with Crippen LogP contribution in [0.25, 0.3) is 22.1 Å². The molecule has 0 radical (unpaired) electrons. The second-order valence-corrected chi connectivity index (χ2v) is 10.4. The van der Waals surface area contributed by atoms with E-state index in [2.05, 4.69) is 51.7 Å². The molecule has 39 heavy (non-hydrogen) atoms. The summed E-state index contributed by atoms with van der Waals surface area (Å²) in [6.45, 7) is 8.17. The molecule has 4 heterocycles. The van der Waals surface area contributed by atoms with E-state index in [4.69, 9.17) is 11.2 Å². The molecule has 0 unspecified atom stereocenters. The van der Waals surface area contributed by atoms with E-state index < -0.39 is 0 Å². The van der Waals surface area contributed by atoms with Crippen molar-refractivity contribution in [2.24, 2.45) is 0 Å². The number of carbonyl (C=O) groups excluding carboxylic acids is 1. The van der Waals surface area contributed by atoms with Crippen molar-refractivity contribution in [1.82, 2.24) is 29.7 Å². The lowest BCUT2D eigenvalue weighted by atomic mass is 9.92. The first-order valence-corrected chi connectivity index (χ1v) is 12.6. The number of rotatable bonds is 7. The molecule has 0 aliphatic rings. The Morgan fingerprint density at radius 1 is 1.08 bits per heavy atom. The highest BCUT2D eigenvalue weighted by Crippen LogP contribution is 2.33. The number of Topliss-reactive ketones (excluding diaryl/α,β-unsaturated/α-hetero) is 1. The molecule has 5 rings (SSSR count). The number of terminal acetylenes is 1. The molecule has 9 heteroatoms. The van der Waals surface area contributed by atoms with E-state index in [1.807, 2.05) is 30.3 Å². The Kier molecular flexibility index (Phi) is 6.71. The van der Waals surface area contributed by atoms with Crippen molar-refractivity contribution < 1.29 is 9.53 Å². The quantitative estimate of drug-likeness (QED) is 0.315. The Morgan fingerprint density at radius 3 is 2.67 bits per heavy atom. The number of aromatic amines is 1. The van der Waals surface area contributed by atoms with Gasteiger partial charge >= 0.3 is 0 Å². The number of nitrogens with one attached hydrogen (secondary N) is 1. The Balaban J connectivity index is 1.44. The molecule has 0 bridgehead atoms. The molecule has 0 aliphatic heterocycles. The number of benzene rings is 1. The minimum atomic E-state index is -0.298. The highest BCUT2D eigenvalue weighted by atomic mass is 16.5. The van der Waals surface area contributed by atoms with Gasteiger partial charge in [0.25, 0.3) is 5.56 Å². The summed E-state index contributed by atoms with van der Waals surface area (Å²) in [5.74, 6) is 3.64. The first kappa shape index (κ1) is 25.8. The van der Waals surface area contributed by atoms with Gasteiger partial charge in [-0.1, -0.05) is 32.8 Å². The van der Waals surface area contributed by atoms with Crippen LogP contribution in [-0.4, -0.2) is 35.5 Å². The number of fused-ring (bicyclic) bond motifs is 2. The molecule has 0 atom stereocenters. The molecular formula is C30H28N6O3. The third-order valence-electron chi connectivity index (χ3n) is 6.40. The highest BCUT2D eigenvalue weighted by Gasteiger charge is 2.21. The predicted octanol–water partition coefficient (Wildman–Crippen LogP) is 4.45. The molecule has 9 nitrogen and oxygen atoms in total. The predicted molar refractivity (Wildman–Crippen MR) is 149 cm³/mol. The first-order chi connectivity index (χ1) is 18.6. The molecule has 0 saturated heterocycles. The monoisotopic (exact) mass is 520 g/mol. The summed E-state index contributed by atoms with van der Waals surface area (Å²) in [6.07, 6.45) is 9.19. The maximum atomic E-state index is 13.2. The van der Waals surface area contributed by atoms with Crippen LogP contribution in [0.3, 0.4) is 0 Å². The third-order valence-corrected chi connectivity index (χ3v) is 6.40. The van der Waals surface area contributed by atoms with Crippen LogP contribution >= 0.6 is 0 Å². The molecule has 1 aromatic carbocycles. The van der Waals surface area contributed by atoms with E-state index in [1.54, 1.807) is 30.1 Å². The van der Waals surface area contributed by atoms with Crippen LogP contribution in [0.4, 0.5) is 0 Å². The lowest BCUT2D eigenvalue weighted by Crippen LogP contribution is -2.13. The Morgan fingerprint density at radius 2 is 1.90 bits per heavy atom. The molecule has 0 amide bonds. The molecule has 0 fully saturated rings. The third kappa shape index (κ3) is 5.27. The smallest absolute Gasteiger partial charge is 0.270 e. The summed E-state index contributed by atoms with van der Waals surface area (Å²) in [5, 5.41) is 5.38. The second-order valence-electron chi connectivity index (χ2n) is 10.4. The largest absolute Gasteiger partial charge is 0.454 e. The Hall–Kier alpha value is -4.84. The minimum absolute atomic E-state index is 0.0259. The van der Waals surface area contributed by atoms with Gasteiger partial charge in [0, 0.05) is 47.8 Å². The molecule has 0 spiro atoms. The van der Waals surface area contributed by atoms with Crippen molar-refractivity contribution in [2.75, 3.05) is 0 Å². The lowest BCUT2D eigenvalue weighted by molar-refractivity contribution is -0.117. The molecule has 1 N–H and O–H groups in total. The number of ketones is 1. The zero-order chi connectivity index (χ0) is 27.7. The number of hydrogen-bond donors (Lipinski definition) is 1. The van der Waals surface area contributed by atoms with Gasteiger partial charge in [0.2, 0.25) is 0 Å². The highest BCUT2D eigenvalue weighted by molar-refractivity contribution is 5.93. The van der Waals surface area contributed by atoms with Gasteiger partial charge in [0.1, 0.15) is 29.3 Å². The van der Waals surface area contributed by atoms with Crippen LogP contribution in [0.15, 0.2) is 53.6 Å². The summed E-state index contributed by atoms with van der Waals surface area (Å²) in [4.78, 5) is 41.0. The summed E-state index contributed by atoms with van der Waals surface area (Å²) in [7, 11) is 0. The standard InChI is InChI=1S/C30H28N6O3/c1-6-14-36-20(17-25(35-36)30(3,4)5)16-21(37)15-19-9-10-23(22-8-7-12-31-26(19)22)39-24-11-13-32-28-27(24)33-18(2)29(38)34-28/h1,7-13,17H,14-16H2,2-5H3,(H,32,34,38). The molecule has 196 valence electrons. The van der Waals surface area contributed by atoms with Crippen molar-refractivity contribution in [2.45, 2.75) is 52.5 Å². The summed E-state index contributed by atoms with van der Waals surface area (Å²) in [6, 6.07) is 11.0. The van der Waals surface area contributed by atoms with Crippen molar-refractivity contribution >= 4 is 27.9 Å². The number of aromatic nitrogens is 6.